The number of H-pyrrole nitrogens is 1. The normalized spacial score (nSPS) is 16.4. The van der Waals surface area contributed by atoms with Gasteiger partial charge in [-0.15, -0.1) is 0 Å². The van der Waals surface area contributed by atoms with Crippen LogP contribution < -0.4 is 15.5 Å². The fraction of sp³-hybridized carbons (Fsp3) is 0.364. The number of rotatable bonds is 4. The SMILES string of the molecule is CCNC(=O)c1ccc(NC(=O)N2CCN(c3ncnc4[nH]cc(C)c34)C[C@@H]2C)cc1. The van der Waals surface area contributed by atoms with Crippen LogP contribution in [-0.2, 0) is 0 Å². The Morgan fingerprint density at radius 2 is 1.97 bits per heavy atom. The number of nitrogens with one attached hydrogen (secondary N) is 3. The van der Waals surface area contributed by atoms with Crippen molar-refractivity contribution in [3.8, 4) is 0 Å². The number of hydrogen-bond acceptors (Lipinski definition) is 5. The van der Waals surface area contributed by atoms with Crippen LogP contribution in [0, 0.1) is 6.92 Å². The molecule has 1 aromatic carbocycles. The number of carbonyl (C=O) groups excluding carboxylic acids is 2. The Bertz CT molecular complexity index is 1090. The molecule has 4 rings (SSSR count). The summed E-state index contributed by atoms with van der Waals surface area (Å²) < 4.78 is 0. The summed E-state index contributed by atoms with van der Waals surface area (Å²) in [5.41, 5.74) is 3.16. The Morgan fingerprint density at radius 1 is 1.19 bits per heavy atom. The van der Waals surface area contributed by atoms with Crippen molar-refractivity contribution < 1.29 is 9.59 Å². The summed E-state index contributed by atoms with van der Waals surface area (Å²) in [4.78, 5) is 40.8. The third kappa shape index (κ3) is 4.16. The summed E-state index contributed by atoms with van der Waals surface area (Å²) in [7, 11) is 0. The van der Waals surface area contributed by atoms with Crippen molar-refractivity contribution in [2.24, 2.45) is 0 Å². The molecule has 1 atom stereocenters. The fourth-order valence-corrected chi connectivity index (χ4v) is 3.95. The van der Waals surface area contributed by atoms with E-state index >= 15 is 0 Å². The minimum absolute atomic E-state index is 0.00705. The van der Waals surface area contributed by atoms with E-state index in [2.05, 4.69) is 30.5 Å². The van der Waals surface area contributed by atoms with Gasteiger partial charge in [-0.3, -0.25) is 4.79 Å². The van der Waals surface area contributed by atoms with E-state index in [1.54, 1.807) is 30.6 Å². The quantitative estimate of drug-likeness (QED) is 0.601. The molecule has 0 unspecified atom stereocenters. The topological polar surface area (TPSA) is 106 Å². The predicted molar refractivity (Wildman–Crippen MR) is 120 cm³/mol. The molecular formula is C22H27N7O2. The Labute approximate surface area is 180 Å². The zero-order valence-electron chi connectivity index (χ0n) is 18.0. The molecule has 162 valence electrons. The van der Waals surface area contributed by atoms with Gasteiger partial charge in [0.05, 0.1) is 5.39 Å². The van der Waals surface area contributed by atoms with Gasteiger partial charge in [0.1, 0.15) is 17.8 Å². The van der Waals surface area contributed by atoms with Gasteiger partial charge < -0.3 is 25.4 Å². The van der Waals surface area contributed by atoms with Gasteiger partial charge in [0.15, 0.2) is 0 Å². The molecule has 0 bridgehead atoms. The molecule has 9 nitrogen and oxygen atoms in total. The van der Waals surface area contributed by atoms with Gasteiger partial charge in [0.25, 0.3) is 5.91 Å². The fourth-order valence-electron chi connectivity index (χ4n) is 3.95. The Balaban J connectivity index is 1.41. The van der Waals surface area contributed by atoms with E-state index in [1.165, 1.54) is 0 Å². The van der Waals surface area contributed by atoms with Crippen LogP contribution in [0.4, 0.5) is 16.3 Å². The minimum atomic E-state index is -0.149. The van der Waals surface area contributed by atoms with Crippen molar-refractivity contribution in [3.05, 3.63) is 47.9 Å². The zero-order chi connectivity index (χ0) is 22.0. The van der Waals surface area contributed by atoms with Gasteiger partial charge in [-0.25, -0.2) is 14.8 Å². The Morgan fingerprint density at radius 3 is 2.68 bits per heavy atom. The lowest BCUT2D eigenvalue weighted by atomic mass is 10.1. The van der Waals surface area contributed by atoms with Crippen LogP contribution in [-0.4, -0.2) is 64.0 Å². The molecule has 1 aliphatic rings. The molecule has 3 heterocycles. The standard InChI is InChI=1S/C22H27N7O2/c1-4-23-21(30)16-5-7-17(8-6-16)27-22(31)29-10-9-28(12-15(29)3)20-18-14(2)11-24-19(18)25-13-26-20/h5-8,11,13,15H,4,9-10,12H2,1-3H3,(H,23,30)(H,27,31)(H,24,25,26)/t15-/m0/s1. The largest absolute Gasteiger partial charge is 0.352 e. The first-order chi connectivity index (χ1) is 15.0. The van der Waals surface area contributed by atoms with Crippen molar-refractivity contribution in [2.75, 3.05) is 36.4 Å². The number of benzene rings is 1. The van der Waals surface area contributed by atoms with Crippen LogP contribution in [0.25, 0.3) is 11.0 Å². The number of urea groups is 1. The van der Waals surface area contributed by atoms with Gasteiger partial charge >= 0.3 is 6.03 Å². The average Bonchev–Trinajstić information content (AvgIpc) is 3.15. The van der Waals surface area contributed by atoms with E-state index in [9.17, 15) is 9.59 Å². The summed E-state index contributed by atoms with van der Waals surface area (Å²) in [5, 5.41) is 6.72. The van der Waals surface area contributed by atoms with E-state index < -0.39 is 0 Å². The number of piperazine rings is 1. The third-order valence-corrected chi connectivity index (χ3v) is 5.57. The lowest BCUT2D eigenvalue weighted by Gasteiger charge is -2.40. The molecule has 3 aromatic rings. The number of aromatic nitrogens is 3. The lowest BCUT2D eigenvalue weighted by Crippen LogP contribution is -2.55. The molecule has 0 radical (unpaired) electrons. The highest BCUT2D eigenvalue weighted by atomic mass is 16.2. The maximum Gasteiger partial charge on any atom is 0.322 e. The Hall–Kier alpha value is -3.62. The molecule has 0 saturated carbocycles. The highest BCUT2D eigenvalue weighted by Crippen LogP contribution is 2.27. The second kappa shape index (κ2) is 8.63. The summed E-state index contributed by atoms with van der Waals surface area (Å²) >= 11 is 0. The smallest absolute Gasteiger partial charge is 0.322 e. The highest BCUT2D eigenvalue weighted by Gasteiger charge is 2.29. The molecule has 3 amide bonds. The molecule has 1 fully saturated rings. The first-order valence-corrected chi connectivity index (χ1v) is 10.5. The number of carbonyl (C=O) groups is 2. The highest BCUT2D eigenvalue weighted by molar-refractivity contribution is 5.95. The van der Waals surface area contributed by atoms with E-state index in [4.69, 9.17) is 0 Å². The maximum atomic E-state index is 12.9. The van der Waals surface area contributed by atoms with Crippen LogP contribution in [0.5, 0.6) is 0 Å². The van der Waals surface area contributed by atoms with E-state index in [0.29, 0.717) is 37.4 Å². The predicted octanol–water partition coefficient (Wildman–Crippen LogP) is 2.76. The number of fused-ring (bicyclic) bond motifs is 1. The van der Waals surface area contributed by atoms with Gasteiger partial charge in [-0.1, -0.05) is 0 Å². The van der Waals surface area contributed by atoms with Crippen molar-refractivity contribution in [2.45, 2.75) is 26.8 Å². The molecule has 1 saturated heterocycles. The average molecular weight is 422 g/mol. The first kappa shape index (κ1) is 20.6. The number of nitrogens with zero attached hydrogens (tertiary/aromatic N) is 4. The van der Waals surface area contributed by atoms with Gasteiger partial charge in [0, 0.05) is 49.7 Å². The van der Waals surface area contributed by atoms with Crippen LogP contribution in [0.1, 0.15) is 29.8 Å². The lowest BCUT2D eigenvalue weighted by molar-refractivity contribution is 0.0956. The Kier molecular flexibility index (Phi) is 5.75. The molecule has 0 spiro atoms. The van der Waals surface area contributed by atoms with Crippen LogP contribution in [0.2, 0.25) is 0 Å². The molecule has 31 heavy (non-hydrogen) atoms. The number of aromatic amines is 1. The number of amides is 3. The minimum Gasteiger partial charge on any atom is -0.352 e. The summed E-state index contributed by atoms with van der Waals surface area (Å²) in [5.74, 6) is 0.776. The van der Waals surface area contributed by atoms with Gasteiger partial charge in [-0.2, -0.15) is 0 Å². The molecule has 3 N–H and O–H groups in total. The maximum absolute atomic E-state index is 12.9. The molecule has 2 aromatic heterocycles. The second-order valence-electron chi connectivity index (χ2n) is 7.75. The van der Waals surface area contributed by atoms with Crippen LogP contribution >= 0.6 is 0 Å². The van der Waals surface area contributed by atoms with Crippen molar-refractivity contribution >= 4 is 34.5 Å². The summed E-state index contributed by atoms with van der Waals surface area (Å²) in [6.07, 6.45) is 3.51. The molecule has 0 aliphatic carbocycles. The van der Waals surface area contributed by atoms with Crippen molar-refractivity contribution in [1.29, 1.82) is 0 Å². The van der Waals surface area contributed by atoms with E-state index in [-0.39, 0.29) is 18.0 Å². The number of anilines is 2. The summed E-state index contributed by atoms with van der Waals surface area (Å²) in [6, 6.07) is 6.77. The number of hydrogen-bond donors (Lipinski definition) is 3. The molecular weight excluding hydrogens is 394 g/mol. The summed E-state index contributed by atoms with van der Waals surface area (Å²) in [6.45, 7) is 8.47. The van der Waals surface area contributed by atoms with Gasteiger partial charge in [-0.05, 0) is 50.6 Å². The van der Waals surface area contributed by atoms with Crippen molar-refractivity contribution in [1.82, 2.24) is 25.2 Å². The second-order valence-corrected chi connectivity index (χ2v) is 7.75. The number of aryl methyl sites for hydroxylation is 1. The molecule has 9 heteroatoms. The van der Waals surface area contributed by atoms with E-state index in [0.717, 1.165) is 22.4 Å². The third-order valence-electron chi connectivity index (χ3n) is 5.57. The van der Waals surface area contributed by atoms with Gasteiger partial charge in [0.2, 0.25) is 0 Å². The zero-order valence-corrected chi connectivity index (χ0v) is 18.0. The molecule has 1 aliphatic heterocycles. The first-order valence-electron chi connectivity index (χ1n) is 10.5. The van der Waals surface area contributed by atoms with Crippen LogP contribution in [0.15, 0.2) is 36.8 Å². The van der Waals surface area contributed by atoms with Crippen molar-refractivity contribution in [3.63, 3.8) is 0 Å². The van der Waals surface area contributed by atoms with Crippen LogP contribution in [0.3, 0.4) is 0 Å². The monoisotopic (exact) mass is 421 g/mol. The van der Waals surface area contributed by atoms with E-state index in [1.807, 2.05) is 31.9 Å².